The van der Waals surface area contributed by atoms with Gasteiger partial charge in [-0.3, -0.25) is 14.7 Å². The van der Waals surface area contributed by atoms with Crippen molar-refractivity contribution >= 4 is 35.8 Å². The second-order valence-electron chi connectivity index (χ2n) is 7.55. The Labute approximate surface area is 199 Å². The van der Waals surface area contributed by atoms with Crippen LogP contribution in [0.25, 0.3) is 0 Å². The van der Waals surface area contributed by atoms with Crippen molar-refractivity contribution in [2.75, 3.05) is 40.8 Å². The van der Waals surface area contributed by atoms with E-state index in [4.69, 9.17) is 0 Å². The number of benzene rings is 1. The van der Waals surface area contributed by atoms with Crippen LogP contribution in [-0.2, 0) is 6.54 Å². The number of hydrogen-bond donors (Lipinski definition) is 2. The molecule has 0 aromatic heterocycles. The van der Waals surface area contributed by atoms with E-state index in [2.05, 4.69) is 47.5 Å². The average Bonchev–Trinajstić information content (AvgIpc) is 2.70. The van der Waals surface area contributed by atoms with Crippen molar-refractivity contribution in [2.24, 2.45) is 10.9 Å². The minimum atomic E-state index is 0. The lowest BCUT2D eigenvalue weighted by Crippen LogP contribution is -2.49. The fourth-order valence-corrected chi connectivity index (χ4v) is 3.09. The Hall–Kier alpha value is -1.87. The van der Waals surface area contributed by atoms with Crippen LogP contribution in [-0.4, -0.2) is 68.5 Å². The predicted octanol–water partition coefficient (Wildman–Crippen LogP) is 3.37. The Morgan fingerprint density at radius 1 is 1.10 bits per heavy atom. The number of rotatable bonds is 11. The van der Waals surface area contributed by atoms with Gasteiger partial charge in [0.15, 0.2) is 5.96 Å². The highest BCUT2D eigenvalue weighted by atomic mass is 127. The third-order valence-corrected chi connectivity index (χ3v) is 4.74. The summed E-state index contributed by atoms with van der Waals surface area (Å²) >= 11 is 0. The lowest BCUT2D eigenvalue weighted by atomic mass is 10.0. The van der Waals surface area contributed by atoms with Crippen molar-refractivity contribution in [2.45, 2.75) is 26.4 Å². The van der Waals surface area contributed by atoms with E-state index in [9.17, 15) is 4.79 Å². The van der Waals surface area contributed by atoms with Gasteiger partial charge in [0.2, 0.25) is 0 Å². The van der Waals surface area contributed by atoms with Crippen LogP contribution < -0.4 is 10.6 Å². The number of amides is 1. The molecule has 1 amide bonds. The van der Waals surface area contributed by atoms with E-state index in [-0.39, 0.29) is 29.9 Å². The Bertz CT molecular complexity index is 675. The highest BCUT2D eigenvalue weighted by Gasteiger charge is 2.20. The summed E-state index contributed by atoms with van der Waals surface area (Å²) in [4.78, 5) is 20.2. The van der Waals surface area contributed by atoms with Crippen molar-refractivity contribution in [3.8, 4) is 0 Å². The van der Waals surface area contributed by atoms with Crippen LogP contribution in [0.3, 0.4) is 0 Å². The summed E-state index contributed by atoms with van der Waals surface area (Å²) in [5.41, 5.74) is 1.77. The summed E-state index contributed by atoms with van der Waals surface area (Å²) in [6, 6.07) is 7.97. The Balaban J connectivity index is 0.00000841. The second kappa shape index (κ2) is 15.0. The smallest absolute Gasteiger partial charge is 0.253 e. The molecule has 0 aliphatic heterocycles. The van der Waals surface area contributed by atoms with Crippen LogP contribution in [0.2, 0.25) is 0 Å². The summed E-state index contributed by atoms with van der Waals surface area (Å²) in [6.45, 7) is 15.2. The van der Waals surface area contributed by atoms with Gasteiger partial charge < -0.3 is 15.5 Å². The summed E-state index contributed by atoms with van der Waals surface area (Å²) in [7, 11) is 5.27. The van der Waals surface area contributed by atoms with Gasteiger partial charge in [-0.25, -0.2) is 0 Å². The average molecular weight is 527 g/mol. The van der Waals surface area contributed by atoms with Crippen LogP contribution >= 0.6 is 24.0 Å². The zero-order chi connectivity index (χ0) is 21.8. The molecule has 1 aromatic carbocycles. The zero-order valence-electron chi connectivity index (χ0n) is 19.0. The number of carbonyl (C=O) groups is 1. The van der Waals surface area contributed by atoms with Gasteiger partial charge in [0, 0.05) is 58.9 Å². The van der Waals surface area contributed by atoms with E-state index in [1.807, 2.05) is 36.4 Å². The Kier molecular flexibility index (Phi) is 14.1. The van der Waals surface area contributed by atoms with Gasteiger partial charge in [-0.1, -0.05) is 38.1 Å². The van der Waals surface area contributed by atoms with Crippen LogP contribution in [0.5, 0.6) is 0 Å². The van der Waals surface area contributed by atoms with Crippen LogP contribution in [0, 0.1) is 5.92 Å². The molecule has 30 heavy (non-hydrogen) atoms. The van der Waals surface area contributed by atoms with Crippen LogP contribution in [0.1, 0.15) is 29.8 Å². The van der Waals surface area contributed by atoms with E-state index in [1.165, 1.54) is 0 Å². The van der Waals surface area contributed by atoms with Crippen molar-refractivity contribution < 1.29 is 4.79 Å². The first-order valence-electron chi connectivity index (χ1n) is 10.0. The molecule has 0 aliphatic rings. The van der Waals surface area contributed by atoms with Crippen molar-refractivity contribution in [3.63, 3.8) is 0 Å². The van der Waals surface area contributed by atoms with Crippen LogP contribution in [0.4, 0.5) is 0 Å². The van der Waals surface area contributed by atoms with E-state index >= 15 is 0 Å². The van der Waals surface area contributed by atoms with Gasteiger partial charge in [-0.15, -0.1) is 37.1 Å². The van der Waals surface area contributed by atoms with Crippen LogP contribution in [0.15, 0.2) is 54.6 Å². The maximum atomic E-state index is 12.0. The maximum Gasteiger partial charge on any atom is 0.253 e. The molecule has 1 atom stereocenters. The molecule has 0 saturated heterocycles. The fraction of sp³-hybridized carbons (Fsp3) is 0.478. The molecule has 7 heteroatoms. The lowest BCUT2D eigenvalue weighted by molar-refractivity contribution is 0.0827. The number of halogens is 1. The minimum absolute atomic E-state index is 0. The van der Waals surface area contributed by atoms with Crippen molar-refractivity contribution in [1.82, 2.24) is 20.4 Å². The fourth-order valence-electron chi connectivity index (χ4n) is 3.09. The van der Waals surface area contributed by atoms with E-state index in [1.54, 1.807) is 26.0 Å². The normalized spacial score (nSPS) is 12.2. The van der Waals surface area contributed by atoms with Gasteiger partial charge in [0.25, 0.3) is 5.91 Å². The Morgan fingerprint density at radius 2 is 1.67 bits per heavy atom. The number of nitrogens with zero attached hydrogens (tertiary/aromatic N) is 3. The van der Waals surface area contributed by atoms with E-state index < -0.39 is 0 Å². The first-order chi connectivity index (χ1) is 13.8. The largest absolute Gasteiger partial charge is 0.355 e. The summed E-state index contributed by atoms with van der Waals surface area (Å²) < 4.78 is 0. The molecule has 1 rings (SSSR count). The standard InChI is InChI=1S/C23H37N5O.HI/c1-8-14-28(15-9-2)21(18(3)4)17-26-23(24-5)25-16-19-10-12-20(13-11-19)22(29)27(6)7;/h8-13,18,21H,1-2,14-17H2,3-7H3,(H2,24,25,26);1H. The number of guanidine groups is 1. The molecule has 0 aliphatic carbocycles. The van der Waals surface area contributed by atoms with Crippen molar-refractivity contribution in [3.05, 3.63) is 60.7 Å². The number of nitrogens with one attached hydrogen (secondary N) is 2. The lowest BCUT2D eigenvalue weighted by Gasteiger charge is -2.33. The quantitative estimate of drug-likeness (QED) is 0.201. The topological polar surface area (TPSA) is 60.0 Å². The molecular weight excluding hydrogens is 489 g/mol. The third kappa shape index (κ3) is 9.30. The highest BCUT2D eigenvalue weighted by Crippen LogP contribution is 2.10. The molecule has 6 nitrogen and oxygen atoms in total. The summed E-state index contributed by atoms with van der Waals surface area (Å²) in [6.07, 6.45) is 3.85. The van der Waals surface area contributed by atoms with Gasteiger partial charge in [0.05, 0.1) is 0 Å². The molecule has 168 valence electrons. The van der Waals surface area contributed by atoms with Gasteiger partial charge >= 0.3 is 0 Å². The molecule has 2 N–H and O–H groups in total. The number of hydrogen-bond acceptors (Lipinski definition) is 3. The molecule has 1 unspecified atom stereocenters. The number of aliphatic imine (C=N–C) groups is 1. The summed E-state index contributed by atoms with van der Waals surface area (Å²) in [5, 5.41) is 6.77. The van der Waals surface area contributed by atoms with Gasteiger partial charge in [0.1, 0.15) is 0 Å². The first kappa shape index (κ1) is 28.1. The van der Waals surface area contributed by atoms with E-state index in [0.717, 1.165) is 31.2 Å². The van der Waals surface area contributed by atoms with Gasteiger partial charge in [-0.2, -0.15) is 0 Å². The molecule has 0 saturated carbocycles. The minimum Gasteiger partial charge on any atom is -0.355 e. The molecular formula is C23H38IN5O. The molecule has 0 fully saturated rings. The number of carbonyl (C=O) groups excluding carboxylic acids is 1. The molecule has 1 aromatic rings. The van der Waals surface area contributed by atoms with Gasteiger partial charge in [-0.05, 0) is 23.6 Å². The zero-order valence-corrected chi connectivity index (χ0v) is 21.3. The molecule has 0 heterocycles. The third-order valence-electron chi connectivity index (χ3n) is 4.74. The predicted molar refractivity (Wildman–Crippen MR) is 139 cm³/mol. The van der Waals surface area contributed by atoms with Crippen molar-refractivity contribution in [1.29, 1.82) is 0 Å². The molecule has 0 radical (unpaired) electrons. The monoisotopic (exact) mass is 527 g/mol. The SMILES string of the molecule is C=CCN(CC=C)C(CNC(=NC)NCc1ccc(C(=O)N(C)C)cc1)C(C)C.I. The second-order valence-corrected chi connectivity index (χ2v) is 7.55. The maximum absolute atomic E-state index is 12.0. The first-order valence-corrected chi connectivity index (χ1v) is 10.0. The molecule has 0 spiro atoms. The van der Waals surface area contributed by atoms with E-state index in [0.29, 0.717) is 24.1 Å². The Morgan fingerprint density at radius 3 is 2.10 bits per heavy atom. The highest BCUT2D eigenvalue weighted by molar-refractivity contribution is 14.0. The summed E-state index contributed by atoms with van der Waals surface area (Å²) in [5.74, 6) is 1.23. The molecule has 0 bridgehead atoms.